The van der Waals surface area contributed by atoms with Crippen LogP contribution in [0.5, 0.6) is 0 Å². The first-order chi connectivity index (χ1) is 8.84. The van der Waals surface area contributed by atoms with Crippen molar-refractivity contribution >= 4 is 11.6 Å². The molecule has 2 aromatic rings. The van der Waals surface area contributed by atoms with E-state index in [1.165, 1.54) is 0 Å². The molecule has 4 heteroatoms. The van der Waals surface area contributed by atoms with Crippen molar-refractivity contribution in [2.45, 2.75) is 12.5 Å². The summed E-state index contributed by atoms with van der Waals surface area (Å²) in [6.45, 7) is 0.708. The molecular formula is C14H14N2O2. The van der Waals surface area contributed by atoms with E-state index in [2.05, 4.69) is 10.6 Å². The van der Waals surface area contributed by atoms with Gasteiger partial charge in [-0.3, -0.25) is 4.79 Å². The van der Waals surface area contributed by atoms with Crippen LogP contribution in [0.4, 0.5) is 5.69 Å². The first kappa shape index (κ1) is 11.0. The summed E-state index contributed by atoms with van der Waals surface area (Å²) in [4.78, 5) is 11.8. The summed E-state index contributed by atoms with van der Waals surface area (Å²) in [6, 6.07) is 11.3. The Morgan fingerprint density at radius 3 is 2.94 bits per heavy atom. The third kappa shape index (κ3) is 2.02. The molecule has 0 aliphatic carbocycles. The molecule has 1 amide bonds. The van der Waals surface area contributed by atoms with Crippen molar-refractivity contribution in [2.24, 2.45) is 0 Å². The zero-order chi connectivity index (χ0) is 12.4. The van der Waals surface area contributed by atoms with Crippen molar-refractivity contribution in [1.82, 2.24) is 5.32 Å². The fraction of sp³-hybridized carbons (Fsp3) is 0.214. The van der Waals surface area contributed by atoms with Gasteiger partial charge in [0.05, 0.1) is 6.26 Å². The molecule has 0 saturated carbocycles. The van der Waals surface area contributed by atoms with E-state index in [-0.39, 0.29) is 11.9 Å². The highest BCUT2D eigenvalue weighted by atomic mass is 16.3. The molecule has 1 aromatic carbocycles. The number of hydrogen-bond acceptors (Lipinski definition) is 3. The molecule has 0 saturated heterocycles. The van der Waals surface area contributed by atoms with E-state index in [1.807, 2.05) is 36.4 Å². The van der Waals surface area contributed by atoms with Crippen LogP contribution in [0.1, 0.15) is 17.4 Å². The minimum absolute atomic E-state index is 0.00986. The largest absolute Gasteiger partial charge is 0.469 e. The molecule has 3 rings (SSSR count). The average Bonchev–Trinajstić information content (AvgIpc) is 2.98. The Balaban J connectivity index is 1.64. The molecule has 0 fully saturated rings. The van der Waals surface area contributed by atoms with Crippen LogP contribution in [0.15, 0.2) is 47.1 Å². The lowest BCUT2D eigenvalue weighted by Crippen LogP contribution is -2.29. The van der Waals surface area contributed by atoms with Crippen molar-refractivity contribution in [3.63, 3.8) is 0 Å². The molecule has 92 valence electrons. The van der Waals surface area contributed by atoms with Crippen LogP contribution in [0, 0.1) is 0 Å². The van der Waals surface area contributed by atoms with E-state index in [1.54, 1.807) is 6.26 Å². The predicted molar refractivity (Wildman–Crippen MR) is 68.2 cm³/mol. The molecule has 1 aliphatic heterocycles. The van der Waals surface area contributed by atoms with Gasteiger partial charge in [0, 0.05) is 24.2 Å². The van der Waals surface area contributed by atoms with Crippen LogP contribution >= 0.6 is 0 Å². The second-order valence-electron chi connectivity index (χ2n) is 4.29. The molecule has 1 unspecified atom stereocenters. The van der Waals surface area contributed by atoms with Crippen LogP contribution < -0.4 is 10.6 Å². The zero-order valence-electron chi connectivity index (χ0n) is 9.85. The summed E-state index contributed by atoms with van der Waals surface area (Å²) in [6.07, 6.45) is 2.44. The van der Waals surface area contributed by atoms with Gasteiger partial charge in [-0.05, 0) is 18.2 Å². The maximum Gasteiger partial charge on any atom is 0.246 e. The van der Waals surface area contributed by atoms with Gasteiger partial charge in [0.2, 0.25) is 5.91 Å². The van der Waals surface area contributed by atoms with Crippen molar-refractivity contribution in [3.05, 3.63) is 54.0 Å². The van der Waals surface area contributed by atoms with Crippen molar-refractivity contribution in [2.75, 3.05) is 11.9 Å². The lowest BCUT2D eigenvalue weighted by molar-refractivity contribution is -0.117. The minimum Gasteiger partial charge on any atom is -0.469 e. The lowest BCUT2D eigenvalue weighted by Gasteiger charge is -2.10. The number of carbonyl (C=O) groups excluding carboxylic acids is 1. The first-order valence-corrected chi connectivity index (χ1v) is 6.00. The standard InChI is InChI=1S/C14H14N2O2/c17-14-13(11-5-1-2-6-12(11)16-14)15-8-7-10-4-3-9-18-10/h1-6,9,13,15H,7-8H2,(H,16,17). The summed E-state index contributed by atoms with van der Waals surface area (Å²) in [5.74, 6) is 0.935. The minimum atomic E-state index is -0.254. The number of benzene rings is 1. The molecule has 0 bridgehead atoms. The Morgan fingerprint density at radius 1 is 1.22 bits per heavy atom. The molecule has 2 heterocycles. The quantitative estimate of drug-likeness (QED) is 0.863. The molecule has 4 nitrogen and oxygen atoms in total. The monoisotopic (exact) mass is 242 g/mol. The van der Waals surface area contributed by atoms with Gasteiger partial charge < -0.3 is 15.1 Å². The molecule has 2 N–H and O–H groups in total. The summed E-state index contributed by atoms with van der Waals surface area (Å²) < 4.78 is 5.25. The Bertz CT molecular complexity index is 549. The van der Waals surface area contributed by atoms with E-state index in [0.717, 1.165) is 23.4 Å². The fourth-order valence-electron chi connectivity index (χ4n) is 2.21. The Kier molecular flexibility index (Phi) is 2.86. The van der Waals surface area contributed by atoms with Gasteiger partial charge in [-0.15, -0.1) is 0 Å². The van der Waals surface area contributed by atoms with Gasteiger partial charge in [0.1, 0.15) is 11.8 Å². The highest BCUT2D eigenvalue weighted by Gasteiger charge is 2.29. The second-order valence-corrected chi connectivity index (χ2v) is 4.29. The van der Waals surface area contributed by atoms with E-state index in [0.29, 0.717) is 6.54 Å². The van der Waals surface area contributed by atoms with Crippen LogP contribution in [-0.2, 0) is 11.2 Å². The van der Waals surface area contributed by atoms with Crippen LogP contribution in [0.25, 0.3) is 0 Å². The topological polar surface area (TPSA) is 54.3 Å². The number of amides is 1. The summed E-state index contributed by atoms with van der Waals surface area (Å²) in [5.41, 5.74) is 1.92. The highest BCUT2D eigenvalue weighted by Crippen LogP contribution is 2.29. The van der Waals surface area contributed by atoms with Crippen LogP contribution in [-0.4, -0.2) is 12.5 Å². The third-order valence-corrected chi connectivity index (χ3v) is 3.09. The molecule has 1 atom stereocenters. The van der Waals surface area contributed by atoms with Gasteiger partial charge in [0.25, 0.3) is 0 Å². The van der Waals surface area contributed by atoms with Crippen molar-refractivity contribution < 1.29 is 9.21 Å². The van der Waals surface area contributed by atoms with Crippen LogP contribution in [0.2, 0.25) is 0 Å². The molecule has 0 spiro atoms. The maximum absolute atomic E-state index is 11.8. The predicted octanol–water partition coefficient (Wildman–Crippen LogP) is 2.11. The molecule has 0 radical (unpaired) electrons. The normalized spacial score (nSPS) is 17.6. The van der Waals surface area contributed by atoms with E-state index in [4.69, 9.17) is 4.42 Å². The zero-order valence-corrected chi connectivity index (χ0v) is 9.85. The number of para-hydroxylation sites is 1. The molecular weight excluding hydrogens is 228 g/mol. The highest BCUT2D eigenvalue weighted by molar-refractivity contribution is 6.02. The molecule has 18 heavy (non-hydrogen) atoms. The third-order valence-electron chi connectivity index (χ3n) is 3.09. The maximum atomic E-state index is 11.8. The number of nitrogens with one attached hydrogen (secondary N) is 2. The molecule has 1 aliphatic rings. The second kappa shape index (κ2) is 4.66. The van der Waals surface area contributed by atoms with Crippen molar-refractivity contribution in [1.29, 1.82) is 0 Å². The number of fused-ring (bicyclic) bond motifs is 1. The Hall–Kier alpha value is -2.07. The summed E-state index contributed by atoms with van der Waals surface area (Å²) in [5, 5.41) is 6.12. The van der Waals surface area contributed by atoms with E-state index >= 15 is 0 Å². The van der Waals surface area contributed by atoms with Gasteiger partial charge in [-0.25, -0.2) is 0 Å². The SMILES string of the molecule is O=C1Nc2ccccc2C1NCCc1ccco1. The van der Waals surface area contributed by atoms with Gasteiger partial charge in [0.15, 0.2) is 0 Å². The first-order valence-electron chi connectivity index (χ1n) is 6.00. The Morgan fingerprint density at radius 2 is 2.11 bits per heavy atom. The smallest absolute Gasteiger partial charge is 0.246 e. The average molecular weight is 242 g/mol. The summed E-state index contributed by atoms with van der Waals surface area (Å²) >= 11 is 0. The molecule has 1 aromatic heterocycles. The fourth-order valence-corrected chi connectivity index (χ4v) is 2.21. The number of anilines is 1. The van der Waals surface area contributed by atoms with E-state index < -0.39 is 0 Å². The lowest BCUT2D eigenvalue weighted by atomic mass is 10.1. The van der Waals surface area contributed by atoms with Gasteiger partial charge in [-0.1, -0.05) is 18.2 Å². The Labute approximate surface area is 105 Å². The van der Waals surface area contributed by atoms with Gasteiger partial charge in [-0.2, -0.15) is 0 Å². The number of carbonyl (C=O) groups is 1. The number of furan rings is 1. The number of rotatable bonds is 4. The van der Waals surface area contributed by atoms with Crippen molar-refractivity contribution in [3.8, 4) is 0 Å². The van der Waals surface area contributed by atoms with Gasteiger partial charge >= 0.3 is 0 Å². The van der Waals surface area contributed by atoms with E-state index in [9.17, 15) is 4.79 Å². The summed E-state index contributed by atoms with van der Waals surface area (Å²) in [7, 11) is 0. The number of hydrogen-bond donors (Lipinski definition) is 2. The van der Waals surface area contributed by atoms with Crippen LogP contribution in [0.3, 0.4) is 0 Å².